The van der Waals surface area contributed by atoms with Crippen LogP contribution in [-0.2, 0) is 9.84 Å². The first kappa shape index (κ1) is 14.0. The second kappa shape index (κ2) is 6.60. The Balaban J connectivity index is 2.04. The van der Waals surface area contributed by atoms with E-state index < -0.39 is 9.84 Å². The number of hydrogen-bond acceptors (Lipinski definition) is 3. The predicted molar refractivity (Wildman–Crippen MR) is 66.1 cm³/mol. The van der Waals surface area contributed by atoms with Gasteiger partial charge in [-0.25, -0.2) is 8.42 Å². The average molecular weight is 248 g/mol. The molecule has 0 radical (unpaired) electrons. The monoisotopic (exact) mass is 248 g/mol. The first-order valence-electron chi connectivity index (χ1n) is 6.33. The molecule has 16 heavy (non-hydrogen) atoms. The molecular formula is C12H24O3S. The third kappa shape index (κ3) is 6.48. The molecule has 0 amide bonds. The van der Waals surface area contributed by atoms with Crippen LogP contribution in [0.5, 0.6) is 0 Å². The first-order chi connectivity index (χ1) is 7.47. The molecule has 0 bridgehead atoms. The van der Waals surface area contributed by atoms with Gasteiger partial charge in [-0.2, -0.15) is 0 Å². The maximum Gasteiger partial charge on any atom is 0.147 e. The zero-order valence-corrected chi connectivity index (χ0v) is 11.0. The molecule has 0 spiro atoms. The fourth-order valence-electron chi connectivity index (χ4n) is 2.45. The van der Waals surface area contributed by atoms with E-state index in [2.05, 4.69) is 0 Å². The van der Waals surface area contributed by atoms with Crippen molar-refractivity contribution in [1.29, 1.82) is 0 Å². The summed E-state index contributed by atoms with van der Waals surface area (Å²) in [5.41, 5.74) is 0. The summed E-state index contributed by atoms with van der Waals surface area (Å²) in [6, 6.07) is 0. The highest BCUT2D eigenvalue weighted by atomic mass is 32.2. The smallest absolute Gasteiger partial charge is 0.147 e. The summed E-state index contributed by atoms with van der Waals surface area (Å²) in [4.78, 5) is 0. The summed E-state index contributed by atoms with van der Waals surface area (Å²) < 4.78 is 21.8. The molecule has 1 saturated carbocycles. The summed E-state index contributed by atoms with van der Waals surface area (Å²) in [5, 5.41) is 9.71. The molecular weight excluding hydrogens is 224 g/mol. The van der Waals surface area contributed by atoms with Crippen molar-refractivity contribution in [3.8, 4) is 0 Å². The topological polar surface area (TPSA) is 54.4 Å². The van der Waals surface area contributed by atoms with Gasteiger partial charge in [0.05, 0.1) is 6.10 Å². The van der Waals surface area contributed by atoms with E-state index >= 15 is 0 Å². The summed E-state index contributed by atoms with van der Waals surface area (Å²) >= 11 is 0. The molecule has 0 heterocycles. The molecule has 0 aromatic carbocycles. The van der Waals surface area contributed by atoms with Crippen molar-refractivity contribution in [2.45, 2.75) is 57.5 Å². The van der Waals surface area contributed by atoms with E-state index in [9.17, 15) is 13.5 Å². The second-order valence-corrected chi connectivity index (χ2v) is 7.41. The Morgan fingerprint density at radius 2 is 1.88 bits per heavy atom. The van der Waals surface area contributed by atoms with Crippen LogP contribution in [0, 0.1) is 5.92 Å². The molecule has 1 aliphatic rings. The van der Waals surface area contributed by atoms with Crippen LogP contribution in [0.4, 0.5) is 0 Å². The van der Waals surface area contributed by atoms with Crippen LogP contribution in [0.25, 0.3) is 0 Å². The molecule has 0 aliphatic heterocycles. The normalized spacial score (nSPS) is 20.1. The molecule has 0 saturated heterocycles. The molecule has 1 aliphatic carbocycles. The molecule has 1 N–H and O–H groups in total. The number of rotatable bonds is 7. The summed E-state index contributed by atoms with van der Waals surface area (Å²) in [6.45, 7) is 0. The van der Waals surface area contributed by atoms with Crippen molar-refractivity contribution in [3.63, 3.8) is 0 Å². The van der Waals surface area contributed by atoms with Crippen molar-refractivity contribution >= 4 is 9.84 Å². The fraction of sp³-hybridized carbons (Fsp3) is 1.00. The minimum absolute atomic E-state index is 0.202. The maximum atomic E-state index is 10.9. The van der Waals surface area contributed by atoms with E-state index in [0.717, 1.165) is 18.8 Å². The minimum Gasteiger partial charge on any atom is -0.393 e. The number of aliphatic hydroxyl groups excluding tert-OH is 1. The van der Waals surface area contributed by atoms with Crippen LogP contribution in [-0.4, -0.2) is 31.6 Å². The van der Waals surface area contributed by atoms with Crippen LogP contribution in [0.2, 0.25) is 0 Å². The Bertz CT molecular complexity index is 279. The first-order valence-corrected chi connectivity index (χ1v) is 8.39. The van der Waals surface area contributed by atoms with Crippen molar-refractivity contribution in [3.05, 3.63) is 0 Å². The Hall–Kier alpha value is -0.0900. The lowest BCUT2D eigenvalue weighted by molar-refractivity contribution is 0.144. The van der Waals surface area contributed by atoms with Crippen LogP contribution >= 0.6 is 0 Å². The molecule has 0 aromatic heterocycles. The Morgan fingerprint density at radius 1 is 1.25 bits per heavy atom. The van der Waals surface area contributed by atoms with Crippen molar-refractivity contribution in [2.75, 3.05) is 12.0 Å². The number of hydrogen-bond donors (Lipinski definition) is 1. The highest BCUT2D eigenvalue weighted by Crippen LogP contribution is 2.29. The number of sulfone groups is 1. The molecule has 3 nitrogen and oxygen atoms in total. The Kier molecular flexibility index (Phi) is 5.76. The van der Waals surface area contributed by atoms with Gasteiger partial charge in [0.1, 0.15) is 9.84 Å². The van der Waals surface area contributed by atoms with Crippen molar-refractivity contribution in [1.82, 2.24) is 0 Å². The highest BCUT2D eigenvalue weighted by Gasteiger charge is 2.16. The zero-order chi connectivity index (χ0) is 12.0. The molecule has 1 fully saturated rings. The Morgan fingerprint density at radius 3 is 2.44 bits per heavy atom. The van der Waals surface area contributed by atoms with Crippen LogP contribution in [0.3, 0.4) is 0 Å². The van der Waals surface area contributed by atoms with Gasteiger partial charge in [-0.15, -0.1) is 0 Å². The van der Waals surface area contributed by atoms with E-state index in [4.69, 9.17) is 0 Å². The zero-order valence-electron chi connectivity index (χ0n) is 10.2. The van der Waals surface area contributed by atoms with E-state index in [-0.39, 0.29) is 11.9 Å². The van der Waals surface area contributed by atoms with E-state index in [0.29, 0.717) is 12.8 Å². The van der Waals surface area contributed by atoms with Gasteiger partial charge < -0.3 is 5.11 Å². The highest BCUT2D eigenvalue weighted by molar-refractivity contribution is 7.90. The van der Waals surface area contributed by atoms with Gasteiger partial charge >= 0.3 is 0 Å². The standard InChI is InChI=1S/C12H24O3S/c1-16(14,15)10-4-7-12(13)9-8-11-5-2-3-6-11/h11-13H,2-10H2,1H3. The van der Waals surface area contributed by atoms with Crippen LogP contribution in [0.15, 0.2) is 0 Å². The summed E-state index contributed by atoms with van der Waals surface area (Å²) in [7, 11) is -2.86. The van der Waals surface area contributed by atoms with E-state index in [1.165, 1.54) is 31.9 Å². The number of aliphatic hydroxyl groups is 1. The van der Waals surface area contributed by atoms with Gasteiger partial charge in [0.2, 0.25) is 0 Å². The van der Waals surface area contributed by atoms with E-state index in [1.807, 2.05) is 0 Å². The molecule has 4 heteroatoms. The fourth-order valence-corrected chi connectivity index (χ4v) is 3.14. The van der Waals surface area contributed by atoms with Gasteiger partial charge in [0.15, 0.2) is 0 Å². The van der Waals surface area contributed by atoms with Crippen LogP contribution < -0.4 is 0 Å². The lowest BCUT2D eigenvalue weighted by atomic mass is 9.98. The van der Waals surface area contributed by atoms with Gasteiger partial charge in [-0.3, -0.25) is 0 Å². The van der Waals surface area contributed by atoms with Gasteiger partial charge in [-0.1, -0.05) is 25.7 Å². The molecule has 96 valence electrons. The lowest BCUT2D eigenvalue weighted by Crippen LogP contribution is -2.11. The molecule has 0 aromatic rings. The third-order valence-electron chi connectivity index (χ3n) is 3.44. The SMILES string of the molecule is CS(=O)(=O)CCCC(O)CCC1CCCC1. The second-order valence-electron chi connectivity index (χ2n) is 5.15. The lowest BCUT2D eigenvalue weighted by Gasteiger charge is -2.13. The average Bonchev–Trinajstić information content (AvgIpc) is 2.65. The van der Waals surface area contributed by atoms with Gasteiger partial charge in [0.25, 0.3) is 0 Å². The molecule has 1 atom stereocenters. The van der Waals surface area contributed by atoms with Gasteiger partial charge in [0, 0.05) is 12.0 Å². The quantitative estimate of drug-likeness (QED) is 0.751. The predicted octanol–water partition coefficient (Wildman–Crippen LogP) is 2.14. The molecule has 1 rings (SSSR count). The third-order valence-corrected chi connectivity index (χ3v) is 4.47. The largest absolute Gasteiger partial charge is 0.393 e. The van der Waals surface area contributed by atoms with E-state index in [1.54, 1.807) is 0 Å². The van der Waals surface area contributed by atoms with Crippen LogP contribution in [0.1, 0.15) is 51.4 Å². The van der Waals surface area contributed by atoms with Crippen molar-refractivity contribution in [2.24, 2.45) is 5.92 Å². The van der Waals surface area contributed by atoms with Crippen molar-refractivity contribution < 1.29 is 13.5 Å². The Labute approximate surface area is 99.2 Å². The minimum atomic E-state index is -2.86. The summed E-state index contributed by atoms with van der Waals surface area (Å²) in [6.07, 6.45) is 9.43. The summed E-state index contributed by atoms with van der Waals surface area (Å²) in [5.74, 6) is 1.01. The maximum absolute atomic E-state index is 10.9. The van der Waals surface area contributed by atoms with Gasteiger partial charge in [-0.05, 0) is 31.6 Å². The molecule has 1 unspecified atom stereocenters.